The van der Waals surface area contributed by atoms with Gasteiger partial charge in [-0.1, -0.05) is 12.1 Å². The van der Waals surface area contributed by atoms with Crippen LogP contribution >= 0.6 is 0 Å². The van der Waals surface area contributed by atoms with Crippen molar-refractivity contribution in [1.29, 1.82) is 0 Å². The molecule has 0 atom stereocenters. The third kappa shape index (κ3) is 3.88. The average Bonchev–Trinajstić information content (AvgIpc) is 2.54. The molecule has 5 nitrogen and oxygen atoms in total. The molecule has 2 rings (SSSR count). The van der Waals surface area contributed by atoms with Crippen molar-refractivity contribution in [3.63, 3.8) is 0 Å². The van der Waals surface area contributed by atoms with Crippen molar-refractivity contribution in [2.75, 3.05) is 31.4 Å². The molecule has 0 heterocycles. The Balaban J connectivity index is 1.99. The first-order valence-electron chi connectivity index (χ1n) is 6.64. The van der Waals surface area contributed by atoms with Gasteiger partial charge in [-0.3, -0.25) is 4.79 Å². The highest BCUT2D eigenvalue weighted by atomic mass is 19.1. The minimum atomic E-state index is -0.405. The van der Waals surface area contributed by atoms with Crippen LogP contribution in [0.25, 0.3) is 0 Å². The fourth-order valence-corrected chi connectivity index (χ4v) is 1.88. The zero-order valence-corrected chi connectivity index (χ0v) is 12.4. The van der Waals surface area contributed by atoms with E-state index in [2.05, 4.69) is 10.6 Å². The molecular weight excluding hydrogens is 287 g/mol. The fraction of sp³-hybridized carbons (Fsp3) is 0.188. The Bertz CT molecular complexity index is 662. The van der Waals surface area contributed by atoms with Crippen molar-refractivity contribution in [1.82, 2.24) is 0 Å². The van der Waals surface area contributed by atoms with Crippen LogP contribution in [0.5, 0.6) is 11.5 Å². The summed E-state index contributed by atoms with van der Waals surface area (Å²) in [6.07, 6.45) is 0. The zero-order chi connectivity index (χ0) is 15.9. The van der Waals surface area contributed by atoms with Crippen LogP contribution < -0.4 is 20.1 Å². The smallest absolute Gasteiger partial charge is 0.243 e. The molecule has 1 amide bonds. The molecule has 0 radical (unpaired) electrons. The van der Waals surface area contributed by atoms with Gasteiger partial charge in [0.2, 0.25) is 5.91 Å². The van der Waals surface area contributed by atoms with Crippen LogP contribution in [0.15, 0.2) is 42.5 Å². The first-order valence-corrected chi connectivity index (χ1v) is 6.64. The minimum Gasteiger partial charge on any atom is -0.497 e. The van der Waals surface area contributed by atoms with Gasteiger partial charge in [0.05, 0.1) is 32.1 Å². The Kier molecular flexibility index (Phi) is 5.19. The molecule has 22 heavy (non-hydrogen) atoms. The molecule has 6 heteroatoms. The summed E-state index contributed by atoms with van der Waals surface area (Å²) >= 11 is 0. The first kappa shape index (κ1) is 15.6. The average molecular weight is 304 g/mol. The summed E-state index contributed by atoms with van der Waals surface area (Å²) in [4.78, 5) is 11.9. The number of carbonyl (C=O) groups excluding carboxylic acids is 1. The number of methoxy groups -OCH3 is 2. The molecule has 2 N–H and O–H groups in total. The maximum absolute atomic E-state index is 13.4. The maximum Gasteiger partial charge on any atom is 0.243 e. The quantitative estimate of drug-likeness (QED) is 0.861. The molecule has 0 fully saturated rings. The molecule has 0 saturated carbocycles. The molecule has 0 saturated heterocycles. The third-order valence-corrected chi connectivity index (χ3v) is 3.00. The number of rotatable bonds is 6. The highest BCUT2D eigenvalue weighted by Gasteiger charge is 2.09. The zero-order valence-electron chi connectivity index (χ0n) is 12.4. The van der Waals surface area contributed by atoms with E-state index in [1.165, 1.54) is 13.2 Å². The summed E-state index contributed by atoms with van der Waals surface area (Å²) < 4.78 is 23.7. The standard InChI is InChI=1S/C16H17FN2O3/c1-21-11-7-8-14(15(9-11)22-2)19-16(20)10-18-13-6-4-3-5-12(13)17/h3-9,18H,10H2,1-2H3,(H,19,20). The van der Waals surface area contributed by atoms with E-state index in [1.54, 1.807) is 43.5 Å². The second kappa shape index (κ2) is 7.31. The van der Waals surface area contributed by atoms with E-state index in [0.29, 0.717) is 17.2 Å². The second-order valence-corrected chi connectivity index (χ2v) is 4.45. The van der Waals surface area contributed by atoms with E-state index in [0.717, 1.165) is 0 Å². The lowest BCUT2D eigenvalue weighted by atomic mass is 10.2. The highest BCUT2D eigenvalue weighted by Crippen LogP contribution is 2.28. The lowest BCUT2D eigenvalue weighted by Gasteiger charge is -2.12. The SMILES string of the molecule is COc1ccc(NC(=O)CNc2ccccc2F)c(OC)c1. The summed E-state index contributed by atoms with van der Waals surface area (Å²) in [7, 11) is 3.05. The predicted octanol–water partition coefficient (Wildman–Crippen LogP) is 2.89. The molecular formula is C16H17FN2O3. The number of nitrogens with one attached hydrogen (secondary N) is 2. The van der Waals surface area contributed by atoms with Crippen molar-refractivity contribution >= 4 is 17.3 Å². The molecule has 116 valence electrons. The van der Waals surface area contributed by atoms with Gasteiger partial charge in [0.1, 0.15) is 17.3 Å². The Morgan fingerprint density at radius 3 is 2.55 bits per heavy atom. The van der Waals surface area contributed by atoms with Gasteiger partial charge in [0.25, 0.3) is 0 Å². The number of benzene rings is 2. The van der Waals surface area contributed by atoms with Crippen LogP contribution in [0.1, 0.15) is 0 Å². The number of para-hydroxylation sites is 1. The number of anilines is 2. The molecule has 0 bridgehead atoms. The molecule has 0 spiro atoms. The summed E-state index contributed by atoms with van der Waals surface area (Å²) in [6.45, 7) is -0.0594. The minimum absolute atomic E-state index is 0.0594. The normalized spacial score (nSPS) is 9.95. The fourth-order valence-electron chi connectivity index (χ4n) is 1.88. The molecule has 0 aromatic heterocycles. The predicted molar refractivity (Wildman–Crippen MR) is 83.1 cm³/mol. The van der Waals surface area contributed by atoms with Gasteiger partial charge in [0.15, 0.2) is 0 Å². The van der Waals surface area contributed by atoms with Crippen LogP contribution in [0.3, 0.4) is 0 Å². The molecule has 0 aliphatic carbocycles. The summed E-state index contributed by atoms with van der Waals surface area (Å²) in [5.41, 5.74) is 0.794. The van der Waals surface area contributed by atoms with Crippen LogP contribution in [0.2, 0.25) is 0 Å². The number of hydrogen-bond donors (Lipinski definition) is 2. The Morgan fingerprint density at radius 2 is 1.86 bits per heavy atom. The molecule has 0 aliphatic rings. The summed E-state index contributed by atoms with van der Waals surface area (Å²) in [6, 6.07) is 11.2. The van der Waals surface area contributed by atoms with E-state index < -0.39 is 5.82 Å². The van der Waals surface area contributed by atoms with Crippen molar-refractivity contribution < 1.29 is 18.7 Å². The van der Waals surface area contributed by atoms with Crippen LogP contribution in [0.4, 0.5) is 15.8 Å². The Hall–Kier alpha value is -2.76. The van der Waals surface area contributed by atoms with Crippen LogP contribution in [0, 0.1) is 5.82 Å². The van der Waals surface area contributed by atoms with Crippen molar-refractivity contribution in [3.05, 3.63) is 48.3 Å². The van der Waals surface area contributed by atoms with Gasteiger partial charge in [-0.15, -0.1) is 0 Å². The van der Waals surface area contributed by atoms with Crippen molar-refractivity contribution in [2.45, 2.75) is 0 Å². The van der Waals surface area contributed by atoms with Gasteiger partial charge in [-0.25, -0.2) is 4.39 Å². The van der Waals surface area contributed by atoms with Crippen LogP contribution in [-0.4, -0.2) is 26.7 Å². The third-order valence-electron chi connectivity index (χ3n) is 3.00. The van der Waals surface area contributed by atoms with E-state index >= 15 is 0 Å². The highest BCUT2D eigenvalue weighted by molar-refractivity contribution is 5.95. The van der Waals surface area contributed by atoms with Gasteiger partial charge in [0, 0.05) is 6.07 Å². The second-order valence-electron chi connectivity index (χ2n) is 4.45. The van der Waals surface area contributed by atoms with E-state index in [-0.39, 0.29) is 18.1 Å². The number of hydrogen-bond acceptors (Lipinski definition) is 4. The lowest BCUT2D eigenvalue weighted by molar-refractivity contribution is -0.114. The van der Waals surface area contributed by atoms with Gasteiger partial charge in [-0.05, 0) is 24.3 Å². The van der Waals surface area contributed by atoms with Gasteiger partial charge in [-0.2, -0.15) is 0 Å². The number of ether oxygens (including phenoxy) is 2. The van der Waals surface area contributed by atoms with E-state index in [1.807, 2.05) is 0 Å². The Labute approximate surface area is 128 Å². The largest absolute Gasteiger partial charge is 0.497 e. The van der Waals surface area contributed by atoms with Crippen molar-refractivity contribution in [3.8, 4) is 11.5 Å². The molecule has 2 aromatic carbocycles. The number of halogens is 1. The molecule has 2 aromatic rings. The molecule has 0 unspecified atom stereocenters. The van der Waals surface area contributed by atoms with Gasteiger partial charge >= 0.3 is 0 Å². The maximum atomic E-state index is 13.4. The topological polar surface area (TPSA) is 59.6 Å². The summed E-state index contributed by atoms with van der Waals surface area (Å²) in [5, 5.41) is 5.44. The number of amides is 1. The van der Waals surface area contributed by atoms with Crippen molar-refractivity contribution in [2.24, 2.45) is 0 Å². The van der Waals surface area contributed by atoms with Crippen LogP contribution in [-0.2, 0) is 4.79 Å². The van der Waals surface area contributed by atoms with E-state index in [9.17, 15) is 9.18 Å². The lowest BCUT2D eigenvalue weighted by Crippen LogP contribution is -2.22. The van der Waals surface area contributed by atoms with Gasteiger partial charge < -0.3 is 20.1 Å². The number of carbonyl (C=O) groups is 1. The first-order chi connectivity index (χ1) is 10.6. The monoisotopic (exact) mass is 304 g/mol. The summed E-state index contributed by atoms with van der Waals surface area (Å²) in [5.74, 6) is 0.391. The Morgan fingerprint density at radius 1 is 1.09 bits per heavy atom. The molecule has 0 aliphatic heterocycles. The van der Waals surface area contributed by atoms with E-state index in [4.69, 9.17) is 9.47 Å².